The van der Waals surface area contributed by atoms with E-state index in [1.807, 2.05) is 6.92 Å². The lowest BCUT2D eigenvalue weighted by Gasteiger charge is -2.18. The van der Waals surface area contributed by atoms with Gasteiger partial charge in [-0.3, -0.25) is 13.8 Å². The number of fused-ring (bicyclic) bond motifs is 1. The first-order chi connectivity index (χ1) is 11.9. The van der Waals surface area contributed by atoms with E-state index in [0.29, 0.717) is 6.61 Å². The van der Waals surface area contributed by atoms with E-state index in [1.54, 1.807) is 0 Å². The second-order valence-electron chi connectivity index (χ2n) is 5.61. The zero-order chi connectivity index (χ0) is 18.1. The van der Waals surface area contributed by atoms with Gasteiger partial charge in [0.15, 0.2) is 17.3 Å². The maximum atomic E-state index is 15.0. The summed E-state index contributed by atoms with van der Waals surface area (Å²) in [5, 5.41) is 20.5. The van der Waals surface area contributed by atoms with Crippen molar-refractivity contribution in [1.82, 2.24) is 4.72 Å². The van der Waals surface area contributed by atoms with Crippen molar-refractivity contribution in [2.45, 2.75) is 19.8 Å². The first-order valence-corrected chi connectivity index (χ1v) is 8.83. The number of amides is 1. The predicted octanol–water partition coefficient (Wildman–Crippen LogP) is 2.08. The number of benzene rings is 2. The lowest BCUT2D eigenvalue weighted by molar-refractivity contribution is -0.117. The molecule has 1 heterocycles. The molecular formula is C16H17FN2O5S. The summed E-state index contributed by atoms with van der Waals surface area (Å²) < 4.78 is 35.4. The highest BCUT2D eigenvalue weighted by molar-refractivity contribution is 7.85. The number of phenols is 2. The van der Waals surface area contributed by atoms with Crippen LogP contribution in [0.25, 0.3) is 10.8 Å². The Hall–Kier alpha value is -2.55. The van der Waals surface area contributed by atoms with Crippen LogP contribution in [-0.4, -0.2) is 33.5 Å². The summed E-state index contributed by atoms with van der Waals surface area (Å²) in [6, 6.07) is 3.85. The van der Waals surface area contributed by atoms with Gasteiger partial charge in [-0.1, -0.05) is 13.3 Å². The van der Waals surface area contributed by atoms with Gasteiger partial charge >= 0.3 is 0 Å². The fourth-order valence-electron chi connectivity index (χ4n) is 2.56. The molecule has 0 bridgehead atoms. The largest absolute Gasteiger partial charge is 0.506 e. The molecule has 25 heavy (non-hydrogen) atoms. The summed E-state index contributed by atoms with van der Waals surface area (Å²) in [6.07, 6.45) is 1.68. The van der Waals surface area contributed by atoms with Gasteiger partial charge in [0.2, 0.25) is 11.2 Å². The number of ether oxygens (including phenoxy) is 1. The van der Waals surface area contributed by atoms with Gasteiger partial charge < -0.3 is 14.9 Å². The monoisotopic (exact) mass is 368 g/mol. The van der Waals surface area contributed by atoms with Crippen LogP contribution in [0.2, 0.25) is 0 Å². The van der Waals surface area contributed by atoms with Crippen molar-refractivity contribution in [3.63, 3.8) is 0 Å². The minimum absolute atomic E-state index is 0.0773. The van der Waals surface area contributed by atoms with Crippen LogP contribution < -0.4 is 13.8 Å². The van der Waals surface area contributed by atoms with Crippen LogP contribution in [0.3, 0.4) is 0 Å². The topological polar surface area (TPSA) is 99.1 Å². The molecule has 7 nitrogen and oxygen atoms in total. The molecule has 134 valence electrons. The molecule has 9 heteroatoms. The summed E-state index contributed by atoms with van der Waals surface area (Å²) in [6.45, 7) is 2.03. The highest BCUT2D eigenvalue weighted by Gasteiger charge is 2.32. The van der Waals surface area contributed by atoms with Crippen molar-refractivity contribution in [3.05, 3.63) is 24.0 Å². The van der Waals surface area contributed by atoms with E-state index in [2.05, 4.69) is 4.72 Å². The molecule has 0 aliphatic carbocycles. The highest BCUT2D eigenvalue weighted by Crippen LogP contribution is 2.41. The number of rotatable bonds is 5. The normalized spacial score (nSPS) is 17.1. The van der Waals surface area contributed by atoms with Crippen LogP contribution in [0.4, 0.5) is 10.1 Å². The Balaban J connectivity index is 2.09. The SMILES string of the molecule is CCCCOc1cc2c(F)c(N3CC(=O)NS3=O)c(O)cc2cc1O. The third-order valence-corrected chi connectivity index (χ3v) is 4.92. The maximum Gasteiger partial charge on any atom is 0.253 e. The predicted molar refractivity (Wildman–Crippen MR) is 91.3 cm³/mol. The van der Waals surface area contributed by atoms with Gasteiger partial charge in [-0.15, -0.1) is 0 Å². The third-order valence-electron chi connectivity index (χ3n) is 3.80. The molecule has 0 aromatic heterocycles. The second-order valence-corrected chi connectivity index (χ2v) is 6.76. The molecule has 2 aromatic rings. The van der Waals surface area contributed by atoms with Crippen LogP contribution in [0.5, 0.6) is 17.2 Å². The molecule has 3 N–H and O–H groups in total. The van der Waals surface area contributed by atoms with Crippen LogP contribution in [0, 0.1) is 5.82 Å². The number of nitrogens with one attached hydrogen (secondary N) is 1. The lowest BCUT2D eigenvalue weighted by Crippen LogP contribution is -2.23. The fraction of sp³-hybridized carbons (Fsp3) is 0.312. The summed E-state index contributed by atoms with van der Waals surface area (Å²) in [4.78, 5) is 11.4. The molecule has 2 aromatic carbocycles. The van der Waals surface area contributed by atoms with Gasteiger partial charge in [-0.25, -0.2) is 8.60 Å². The van der Waals surface area contributed by atoms with Gasteiger partial charge in [-0.05, 0) is 30.0 Å². The first kappa shape index (κ1) is 17.3. The van der Waals surface area contributed by atoms with Gasteiger partial charge in [0.1, 0.15) is 18.0 Å². The molecule has 1 aliphatic rings. The van der Waals surface area contributed by atoms with Crippen LogP contribution in [0.15, 0.2) is 18.2 Å². The number of halogens is 1. The number of anilines is 1. The number of carbonyl (C=O) groups excluding carboxylic acids is 1. The Morgan fingerprint density at radius 3 is 2.68 bits per heavy atom. The molecule has 1 amide bonds. The molecule has 0 radical (unpaired) electrons. The zero-order valence-electron chi connectivity index (χ0n) is 13.4. The molecular weight excluding hydrogens is 351 g/mol. The van der Waals surface area contributed by atoms with Crippen molar-refractivity contribution in [2.24, 2.45) is 0 Å². The summed E-state index contributed by atoms with van der Waals surface area (Å²) >= 11 is -1.97. The fourth-order valence-corrected chi connectivity index (χ4v) is 3.51. The number of hydrogen-bond acceptors (Lipinski definition) is 5. The number of hydrogen-bond donors (Lipinski definition) is 3. The second kappa shape index (κ2) is 6.75. The van der Waals surface area contributed by atoms with Crippen molar-refractivity contribution < 1.29 is 28.3 Å². The Kier molecular flexibility index (Phi) is 4.67. The van der Waals surface area contributed by atoms with Gasteiger partial charge in [-0.2, -0.15) is 0 Å². The van der Waals surface area contributed by atoms with E-state index in [4.69, 9.17) is 4.74 Å². The van der Waals surface area contributed by atoms with E-state index in [1.165, 1.54) is 18.2 Å². The van der Waals surface area contributed by atoms with Crippen LogP contribution >= 0.6 is 0 Å². The molecule has 1 atom stereocenters. The number of phenolic OH excluding ortho intramolecular Hbond substituents is 2. The lowest BCUT2D eigenvalue weighted by atomic mass is 10.1. The molecule has 0 saturated carbocycles. The Labute approximate surface area is 145 Å². The Morgan fingerprint density at radius 2 is 2.04 bits per heavy atom. The van der Waals surface area contributed by atoms with Crippen molar-refractivity contribution >= 4 is 33.5 Å². The summed E-state index contributed by atoms with van der Waals surface area (Å²) in [5.41, 5.74) is -0.339. The first-order valence-electron chi connectivity index (χ1n) is 7.72. The highest BCUT2D eigenvalue weighted by atomic mass is 32.2. The molecule has 3 rings (SSSR count). The third kappa shape index (κ3) is 3.19. The van der Waals surface area contributed by atoms with E-state index < -0.39 is 28.6 Å². The standard InChI is InChI=1S/C16H17FN2O5S/c1-2-3-4-24-13-7-10-9(5-11(13)20)6-12(21)16(15(10)17)19-8-14(22)18-25(19)23/h5-7,20-21H,2-4,8H2,1H3,(H,18,22). The number of unbranched alkanes of at least 4 members (excludes halogenated alkanes) is 1. The minimum Gasteiger partial charge on any atom is -0.506 e. The molecule has 0 spiro atoms. The number of carbonyl (C=O) groups is 1. The maximum absolute atomic E-state index is 15.0. The van der Waals surface area contributed by atoms with E-state index in [9.17, 15) is 23.6 Å². The molecule has 1 saturated heterocycles. The Morgan fingerprint density at radius 1 is 1.32 bits per heavy atom. The van der Waals surface area contributed by atoms with E-state index in [0.717, 1.165) is 17.1 Å². The Bertz CT molecular complexity index is 873. The van der Waals surface area contributed by atoms with Crippen molar-refractivity contribution in [1.29, 1.82) is 0 Å². The summed E-state index contributed by atoms with van der Waals surface area (Å²) in [5.74, 6) is -1.91. The number of nitrogens with zero attached hydrogens (tertiary/aromatic N) is 1. The summed E-state index contributed by atoms with van der Waals surface area (Å²) in [7, 11) is 0. The zero-order valence-corrected chi connectivity index (χ0v) is 14.2. The van der Waals surface area contributed by atoms with Crippen LogP contribution in [0.1, 0.15) is 19.8 Å². The average Bonchev–Trinajstić information content (AvgIpc) is 2.87. The molecule has 1 aliphatic heterocycles. The molecule has 1 unspecified atom stereocenters. The van der Waals surface area contributed by atoms with Gasteiger partial charge in [0.05, 0.1) is 6.61 Å². The van der Waals surface area contributed by atoms with E-state index >= 15 is 0 Å². The number of aromatic hydroxyl groups is 2. The van der Waals surface area contributed by atoms with Crippen molar-refractivity contribution in [2.75, 3.05) is 17.5 Å². The van der Waals surface area contributed by atoms with Gasteiger partial charge in [0, 0.05) is 5.39 Å². The van der Waals surface area contributed by atoms with E-state index in [-0.39, 0.29) is 34.5 Å². The van der Waals surface area contributed by atoms with Crippen LogP contribution in [-0.2, 0) is 16.0 Å². The quantitative estimate of drug-likeness (QED) is 0.702. The molecule has 1 fully saturated rings. The smallest absolute Gasteiger partial charge is 0.253 e. The van der Waals surface area contributed by atoms with Crippen molar-refractivity contribution in [3.8, 4) is 17.2 Å². The average molecular weight is 368 g/mol. The minimum atomic E-state index is -1.97. The van der Waals surface area contributed by atoms with Gasteiger partial charge in [0.25, 0.3) is 5.91 Å².